The summed E-state index contributed by atoms with van der Waals surface area (Å²) in [6, 6.07) is 18.0. The first-order chi connectivity index (χ1) is 8.34. The van der Waals surface area contributed by atoms with Crippen LogP contribution in [-0.4, -0.2) is 0 Å². The Morgan fingerprint density at radius 2 is 1.17 bits per heavy atom. The maximum Gasteiger partial charge on any atom is 1.00 e. The van der Waals surface area contributed by atoms with Crippen LogP contribution in [0.5, 0.6) is 5.75 Å². The van der Waals surface area contributed by atoms with E-state index in [1.54, 1.807) is 6.07 Å². The average Bonchev–Trinajstić information content (AvgIpc) is 2.38. The molecule has 0 bridgehead atoms. The largest absolute Gasteiger partial charge is 1.00 e. The maximum absolute atomic E-state index is 11.9. The molecule has 0 N–H and O–H groups in total. The van der Waals surface area contributed by atoms with Crippen molar-refractivity contribution < 1.29 is 34.7 Å². The molecule has 0 radical (unpaired) electrons. The molecule has 2 heteroatoms. The molecule has 4 aromatic rings. The van der Waals surface area contributed by atoms with E-state index in [1.165, 1.54) is 16.2 Å². The molecule has 80 valence electrons. The fourth-order valence-electron chi connectivity index (χ4n) is 2.71. The van der Waals surface area contributed by atoms with Gasteiger partial charge in [0.05, 0.1) is 0 Å². The van der Waals surface area contributed by atoms with Crippen LogP contribution in [0.4, 0.5) is 0 Å². The molecule has 0 saturated heterocycles. The minimum Gasteiger partial charge on any atom is -0.872 e. The minimum absolute atomic E-state index is 0. The average molecular weight is 240 g/mol. The summed E-state index contributed by atoms with van der Waals surface area (Å²) in [6.07, 6.45) is 0. The van der Waals surface area contributed by atoms with E-state index in [4.69, 9.17) is 0 Å². The second-order valence-corrected chi connectivity index (χ2v) is 4.42. The van der Waals surface area contributed by atoms with Crippen molar-refractivity contribution in [3.8, 4) is 5.75 Å². The van der Waals surface area contributed by atoms with Crippen molar-refractivity contribution in [3.63, 3.8) is 0 Å². The van der Waals surface area contributed by atoms with Gasteiger partial charge in [-0.05, 0) is 32.3 Å². The van der Waals surface area contributed by atoms with Gasteiger partial charge in [-0.3, -0.25) is 0 Å². The normalized spacial score (nSPS) is 11.1. The van der Waals surface area contributed by atoms with E-state index in [9.17, 15) is 5.11 Å². The topological polar surface area (TPSA) is 23.1 Å². The molecule has 1 nitrogen and oxygen atoms in total. The van der Waals surface area contributed by atoms with Crippen LogP contribution in [0.25, 0.3) is 32.3 Å². The first kappa shape index (κ1) is 11.8. The first-order valence-corrected chi connectivity index (χ1v) is 5.68. The summed E-state index contributed by atoms with van der Waals surface area (Å²) >= 11 is 0. The summed E-state index contributed by atoms with van der Waals surface area (Å²) in [4.78, 5) is 0. The Kier molecular flexibility index (Phi) is 2.70. The third-order valence-electron chi connectivity index (χ3n) is 3.49. The molecule has 0 fully saturated rings. The summed E-state index contributed by atoms with van der Waals surface area (Å²) in [6.45, 7) is 0. The molecule has 0 aliphatic carbocycles. The minimum atomic E-state index is 0. The Morgan fingerprint density at radius 1 is 0.611 bits per heavy atom. The summed E-state index contributed by atoms with van der Waals surface area (Å²) in [5.74, 6) is 0.107. The Balaban J connectivity index is 0.000001000. The van der Waals surface area contributed by atoms with Crippen LogP contribution >= 0.6 is 0 Å². The monoisotopic (exact) mass is 240 g/mol. The standard InChI is InChI=1S/C16H10O.Na/c17-14-9-7-12-5-4-10-2-1-3-11-6-8-13(14)16(12)15(10)11;/h1-9,17H;/q;+1/p-1. The third kappa shape index (κ3) is 1.45. The van der Waals surface area contributed by atoms with Gasteiger partial charge in [-0.15, -0.1) is 5.75 Å². The zero-order valence-corrected chi connectivity index (χ0v) is 12.1. The predicted octanol–water partition coefficient (Wildman–Crippen LogP) is 0.662. The molecule has 0 spiro atoms. The van der Waals surface area contributed by atoms with Crippen LogP contribution in [0.1, 0.15) is 0 Å². The number of rotatable bonds is 0. The first-order valence-electron chi connectivity index (χ1n) is 5.68. The molecular formula is C16H9NaO. The molecule has 4 aromatic carbocycles. The Labute approximate surface area is 127 Å². The van der Waals surface area contributed by atoms with E-state index in [0.29, 0.717) is 0 Å². The van der Waals surface area contributed by atoms with Gasteiger partial charge in [-0.2, -0.15) is 0 Å². The second-order valence-electron chi connectivity index (χ2n) is 4.42. The molecule has 0 saturated carbocycles. The van der Waals surface area contributed by atoms with E-state index in [2.05, 4.69) is 30.3 Å². The summed E-state index contributed by atoms with van der Waals surface area (Å²) < 4.78 is 0. The summed E-state index contributed by atoms with van der Waals surface area (Å²) in [5.41, 5.74) is 0. The molecule has 0 aliphatic heterocycles. The van der Waals surface area contributed by atoms with Gasteiger partial charge in [-0.1, -0.05) is 54.6 Å². The van der Waals surface area contributed by atoms with Crippen molar-refractivity contribution in [2.75, 3.05) is 0 Å². The third-order valence-corrected chi connectivity index (χ3v) is 3.49. The van der Waals surface area contributed by atoms with Gasteiger partial charge in [0.25, 0.3) is 0 Å². The van der Waals surface area contributed by atoms with Crippen molar-refractivity contribution in [2.45, 2.75) is 0 Å². The SMILES string of the molecule is [Na+].[O-]c1ccc2ccc3cccc4ccc1c2c34. The molecule has 0 aliphatic rings. The molecular weight excluding hydrogens is 231 g/mol. The van der Waals surface area contributed by atoms with Crippen molar-refractivity contribution in [1.82, 2.24) is 0 Å². The van der Waals surface area contributed by atoms with Gasteiger partial charge in [0.2, 0.25) is 0 Å². The van der Waals surface area contributed by atoms with Gasteiger partial charge in [0.15, 0.2) is 0 Å². The van der Waals surface area contributed by atoms with Crippen molar-refractivity contribution >= 4 is 32.3 Å². The number of benzene rings is 4. The van der Waals surface area contributed by atoms with Crippen LogP contribution in [-0.2, 0) is 0 Å². The number of hydrogen-bond acceptors (Lipinski definition) is 1. The zero-order valence-electron chi connectivity index (χ0n) is 10.1. The van der Waals surface area contributed by atoms with E-state index in [1.807, 2.05) is 18.2 Å². The molecule has 0 unspecified atom stereocenters. The van der Waals surface area contributed by atoms with Gasteiger partial charge in [0, 0.05) is 0 Å². The summed E-state index contributed by atoms with van der Waals surface area (Å²) in [7, 11) is 0. The van der Waals surface area contributed by atoms with E-state index in [-0.39, 0.29) is 35.3 Å². The van der Waals surface area contributed by atoms with E-state index in [0.717, 1.165) is 16.2 Å². The second kappa shape index (κ2) is 4.13. The predicted molar refractivity (Wildman–Crippen MR) is 69.6 cm³/mol. The molecule has 0 aromatic heterocycles. The molecule has 0 atom stereocenters. The van der Waals surface area contributed by atoms with Crippen LogP contribution in [0.3, 0.4) is 0 Å². The smallest absolute Gasteiger partial charge is 0.872 e. The summed E-state index contributed by atoms with van der Waals surface area (Å²) in [5, 5.41) is 18.6. The fraction of sp³-hybridized carbons (Fsp3) is 0. The van der Waals surface area contributed by atoms with Crippen LogP contribution in [0, 0.1) is 0 Å². The van der Waals surface area contributed by atoms with Gasteiger partial charge < -0.3 is 5.11 Å². The van der Waals surface area contributed by atoms with Crippen LogP contribution in [0.15, 0.2) is 54.6 Å². The van der Waals surface area contributed by atoms with Crippen molar-refractivity contribution in [2.24, 2.45) is 0 Å². The molecule has 0 heterocycles. The van der Waals surface area contributed by atoms with Gasteiger partial charge in [0.1, 0.15) is 0 Å². The Hall–Kier alpha value is -1.28. The van der Waals surface area contributed by atoms with Gasteiger partial charge >= 0.3 is 29.6 Å². The molecule has 18 heavy (non-hydrogen) atoms. The van der Waals surface area contributed by atoms with Crippen molar-refractivity contribution in [3.05, 3.63) is 54.6 Å². The zero-order chi connectivity index (χ0) is 11.4. The van der Waals surface area contributed by atoms with Crippen molar-refractivity contribution in [1.29, 1.82) is 0 Å². The molecule has 4 rings (SSSR count). The molecule has 0 amide bonds. The van der Waals surface area contributed by atoms with E-state index >= 15 is 0 Å². The Morgan fingerprint density at radius 3 is 1.89 bits per heavy atom. The quantitative estimate of drug-likeness (QED) is 0.327. The van der Waals surface area contributed by atoms with E-state index < -0.39 is 0 Å². The maximum atomic E-state index is 11.9. The Bertz CT molecular complexity index is 836. The van der Waals surface area contributed by atoms with Crippen LogP contribution in [0.2, 0.25) is 0 Å². The number of hydrogen-bond donors (Lipinski definition) is 0. The fourth-order valence-corrected chi connectivity index (χ4v) is 2.71. The van der Waals surface area contributed by atoms with Gasteiger partial charge in [-0.25, -0.2) is 0 Å². The van der Waals surface area contributed by atoms with Crippen LogP contribution < -0.4 is 34.7 Å².